The lowest BCUT2D eigenvalue weighted by Gasteiger charge is -2.10. The summed E-state index contributed by atoms with van der Waals surface area (Å²) in [7, 11) is -0.188. The minimum Gasteiger partial charge on any atom is -0.352 e. The second-order valence-electron chi connectivity index (χ2n) is 4.08. The molecule has 2 rings (SSSR count). The van der Waals surface area contributed by atoms with Gasteiger partial charge in [-0.25, -0.2) is 17.2 Å². The first-order valence-electron chi connectivity index (χ1n) is 5.55. The summed E-state index contributed by atoms with van der Waals surface area (Å²) < 4.78 is 26.8. The van der Waals surface area contributed by atoms with E-state index in [0.29, 0.717) is 11.6 Å². The molecule has 104 valence electrons. The standard InChI is InChI=1S/C10H14BrN5O2S/c1-15(2)19(17,18)7-5-12-10-13-9-8(11)4-3-6-16(9)14-10/h3-4,6H,5,7H2,1-2H3,(H,12,14). The minimum absolute atomic E-state index is 0.00325. The maximum absolute atomic E-state index is 11.6. The summed E-state index contributed by atoms with van der Waals surface area (Å²) in [5, 5.41) is 7.10. The molecule has 0 fully saturated rings. The fourth-order valence-corrected chi connectivity index (χ4v) is 2.57. The van der Waals surface area contributed by atoms with Crippen molar-refractivity contribution in [1.29, 1.82) is 0 Å². The van der Waals surface area contributed by atoms with Crippen molar-refractivity contribution in [2.45, 2.75) is 0 Å². The van der Waals surface area contributed by atoms with Crippen LogP contribution in [-0.2, 0) is 10.0 Å². The highest BCUT2D eigenvalue weighted by molar-refractivity contribution is 9.10. The first-order chi connectivity index (χ1) is 8.90. The second kappa shape index (κ2) is 5.43. The topological polar surface area (TPSA) is 79.6 Å². The molecular formula is C10H14BrN5O2S. The molecule has 0 atom stereocenters. The van der Waals surface area contributed by atoms with Crippen molar-refractivity contribution in [2.24, 2.45) is 0 Å². The van der Waals surface area contributed by atoms with Gasteiger partial charge in [0.2, 0.25) is 16.0 Å². The normalized spacial score (nSPS) is 12.2. The van der Waals surface area contributed by atoms with Crippen molar-refractivity contribution < 1.29 is 8.42 Å². The molecule has 0 saturated heterocycles. The van der Waals surface area contributed by atoms with Crippen molar-refractivity contribution in [3.8, 4) is 0 Å². The number of nitrogens with one attached hydrogen (secondary N) is 1. The van der Waals surface area contributed by atoms with Crippen LogP contribution in [0.25, 0.3) is 5.65 Å². The number of hydrogen-bond donors (Lipinski definition) is 1. The molecule has 0 aromatic carbocycles. The molecule has 0 saturated carbocycles. The van der Waals surface area contributed by atoms with Gasteiger partial charge in [0.15, 0.2) is 5.65 Å². The van der Waals surface area contributed by atoms with E-state index in [1.807, 2.05) is 12.1 Å². The molecule has 0 aliphatic heterocycles. The number of rotatable bonds is 5. The summed E-state index contributed by atoms with van der Waals surface area (Å²) in [6.45, 7) is 0.259. The smallest absolute Gasteiger partial charge is 0.243 e. The van der Waals surface area contributed by atoms with Gasteiger partial charge in [0.1, 0.15) is 0 Å². The van der Waals surface area contributed by atoms with Crippen LogP contribution in [0.15, 0.2) is 22.8 Å². The number of pyridine rings is 1. The summed E-state index contributed by atoms with van der Waals surface area (Å²) >= 11 is 3.38. The largest absolute Gasteiger partial charge is 0.352 e. The lowest BCUT2D eigenvalue weighted by atomic mass is 10.5. The van der Waals surface area contributed by atoms with Gasteiger partial charge < -0.3 is 5.32 Å². The Morgan fingerprint density at radius 2 is 2.21 bits per heavy atom. The highest BCUT2D eigenvalue weighted by Gasteiger charge is 2.13. The molecule has 2 aromatic rings. The third-order valence-corrected chi connectivity index (χ3v) is 4.97. The van der Waals surface area contributed by atoms with Crippen LogP contribution in [0, 0.1) is 0 Å². The van der Waals surface area contributed by atoms with E-state index in [9.17, 15) is 8.42 Å². The van der Waals surface area contributed by atoms with Crippen molar-refractivity contribution in [3.63, 3.8) is 0 Å². The molecule has 2 aromatic heterocycles. The van der Waals surface area contributed by atoms with Gasteiger partial charge in [0.25, 0.3) is 0 Å². The molecule has 0 amide bonds. The molecule has 0 aliphatic rings. The van der Waals surface area contributed by atoms with Gasteiger partial charge in [-0.3, -0.25) is 0 Å². The SMILES string of the molecule is CN(C)S(=O)(=O)CCNc1nc2c(Br)cccn2n1. The van der Waals surface area contributed by atoms with Gasteiger partial charge in [-0.1, -0.05) is 0 Å². The van der Waals surface area contributed by atoms with E-state index < -0.39 is 10.0 Å². The Bertz CT molecular complexity index is 682. The van der Waals surface area contributed by atoms with Crippen molar-refractivity contribution in [2.75, 3.05) is 31.7 Å². The molecule has 0 aliphatic carbocycles. The van der Waals surface area contributed by atoms with Crippen molar-refractivity contribution in [1.82, 2.24) is 18.9 Å². The van der Waals surface area contributed by atoms with Crippen molar-refractivity contribution >= 4 is 37.5 Å². The first-order valence-corrected chi connectivity index (χ1v) is 7.95. The number of sulfonamides is 1. The van der Waals surface area contributed by atoms with E-state index in [1.54, 1.807) is 10.7 Å². The Labute approximate surface area is 119 Å². The highest BCUT2D eigenvalue weighted by Crippen LogP contribution is 2.16. The highest BCUT2D eigenvalue weighted by atomic mass is 79.9. The molecule has 1 N–H and O–H groups in total. The van der Waals surface area contributed by atoms with Crippen LogP contribution < -0.4 is 5.32 Å². The van der Waals surface area contributed by atoms with Crippen LogP contribution in [0.1, 0.15) is 0 Å². The van der Waals surface area contributed by atoms with Crippen LogP contribution in [0.2, 0.25) is 0 Å². The van der Waals surface area contributed by atoms with Gasteiger partial charge in [-0.15, -0.1) is 5.10 Å². The molecular weight excluding hydrogens is 334 g/mol. The van der Waals surface area contributed by atoms with Crippen LogP contribution in [0.4, 0.5) is 5.95 Å². The summed E-state index contributed by atoms with van der Waals surface area (Å²) in [5.41, 5.74) is 0.681. The molecule has 0 radical (unpaired) electrons. The lowest BCUT2D eigenvalue weighted by Crippen LogP contribution is -2.28. The van der Waals surface area contributed by atoms with E-state index in [1.165, 1.54) is 18.4 Å². The van der Waals surface area contributed by atoms with Crippen LogP contribution in [0.3, 0.4) is 0 Å². The molecule has 0 spiro atoms. The van der Waals surface area contributed by atoms with Crippen LogP contribution in [0.5, 0.6) is 0 Å². The Kier molecular flexibility index (Phi) is 4.07. The number of aromatic nitrogens is 3. The number of anilines is 1. The van der Waals surface area contributed by atoms with E-state index >= 15 is 0 Å². The Morgan fingerprint density at radius 1 is 1.47 bits per heavy atom. The minimum atomic E-state index is -3.21. The summed E-state index contributed by atoms with van der Waals surface area (Å²) in [4.78, 5) is 4.26. The maximum Gasteiger partial charge on any atom is 0.243 e. The molecule has 7 nitrogen and oxygen atoms in total. The predicted octanol–water partition coefficient (Wildman–Crippen LogP) is 0.795. The van der Waals surface area contributed by atoms with Crippen LogP contribution in [-0.4, -0.2) is 53.7 Å². The van der Waals surface area contributed by atoms with Crippen LogP contribution >= 0.6 is 15.9 Å². The summed E-state index contributed by atoms with van der Waals surface area (Å²) in [6, 6.07) is 3.70. The lowest BCUT2D eigenvalue weighted by molar-refractivity contribution is 0.521. The monoisotopic (exact) mass is 347 g/mol. The zero-order valence-corrected chi connectivity index (χ0v) is 12.9. The fourth-order valence-electron chi connectivity index (χ4n) is 1.42. The average Bonchev–Trinajstić information content (AvgIpc) is 2.73. The van der Waals surface area contributed by atoms with E-state index in [0.717, 1.165) is 4.47 Å². The Balaban J connectivity index is 2.05. The molecule has 0 bridgehead atoms. The third kappa shape index (κ3) is 3.23. The number of nitrogens with zero attached hydrogens (tertiary/aromatic N) is 4. The molecule has 9 heteroatoms. The van der Waals surface area contributed by atoms with E-state index in [2.05, 4.69) is 31.3 Å². The average molecular weight is 348 g/mol. The predicted molar refractivity (Wildman–Crippen MR) is 76.7 cm³/mol. The second-order valence-corrected chi connectivity index (χ2v) is 7.24. The Hall–Kier alpha value is -1.19. The van der Waals surface area contributed by atoms with E-state index in [4.69, 9.17) is 0 Å². The van der Waals surface area contributed by atoms with Gasteiger partial charge in [-0.2, -0.15) is 4.98 Å². The Morgan fingerprint density at radius 3 is 2.84 bits per heavy atom. The number of fused-ring (bicyclic) bond motifs is 1. The third-order valence-electron chi connectivity index (χ3n) is 2.51. The van der Waals surface area contributed by atoms with Crippen molar-refractivity contribution in [3.05, 3.63) is 22.8 Å². The van der Waals surface area contributed by atoms with E-state index in [-0.39, 0.29) is 12.3 Å². The molecule has 19 heavy (non-hydrogen) atoms. The van der Waals surface area contributed by atoms with Gasteiger partial charge in [0, 0.05) is 26.8 Å². The van der Waals surface area contributed by atoms with Gasteiger partial charge in [-0.05, 0) is 28.1 Å². The molecule has 2 heterocycles. The zero-order valence-electron chi connectivity index (χ0n) is 10.5. The fraction of sp³-hybridized carbons (Fsp3) is 0.400. The number of hydrogen-bond acceptors (Lipinski definition) is 5. The summed E-state index contributed by atoms with van der Waals surface area (Å²) in [6.07, 6.45) is 1.77. The molecule has 0 unspecified atom stereocenters. The maximum atomic E-state index is 11.6. The number of halogens is 1. The quantitative estimate of drug-likeness (QED) is 0.865. The van der Waals surface area contributed by atoms with Gasteiger partial charge in [0.05, 0.1) is 10.2 Å². The summed E-state index contributed by atoms with van der Waals surface area (Å²) in [5.74, 6) is 0.400. The van der Waals surface area contributed by atoms with Gasteiger partial charge >= 0.3 is 0 Å². The zero-order chi connectivity index (χ0) is 14.0. The first kappa shape index (κ1) is 14.2.